The summed E-state index contributed by atoms with van der Waals surface area (Å²) in [4.78, 5) is 23.5. The molecule has 23 heavy (non-hydrogen) atoms. The van der Waals surface area contributed by atoms with Gasteiger partial charge in [-0.25, -0.2) is 0 Å². The van der Waals surface area contributed by atoms with Crippen molar-refractivity contribution < 1.29 is 14.3 Å². The fraction of sp³-hybridized carbons (Fsp3) is 0.263. The fourth-order valence-electron chi connectivity index (χ4n) is 3.04. The Kier molecular flexibility index (Phi) is 4.53. The van der Waals surface area contributed by atoms with Crippen molar-refractivity contribution in [3.63, 3.8) is 0 Å². The molecule has 3 rings (SSSR count). The van der Waals surface area contributed by atoms with E-state index in [1.807, 2.05) is 54.6 Å². The Morgan fingerprint density at radius 1 is 1.04 bits per heavy atom. The number of esters is 1. The lowest BCUT2D eigenvalue weighted by molar-refractivity contribution is -0.146. The molecule has 0 saturated heterocycles. The molecular formula is C19H19NO3. The third kappa shape index (κ3) is 3.48. The first kappa shape index (κ1) is 15.4. The Bertz CT molecular complexity index is 712. The van der Waals surface area contributed by atoms with Crippen LogP contribution in [-0.2, 0) is 9.53 Å². The van der Waals surface area contributed by atoms with E-state index in [0.717, 1.165) is 11.1 Å². The molecule has 4 nitrogen and oxygen atoms in total. The summed E-state index contributed by atoms with van der Waals surface area (Å²) in [7, 11) is 0. The molecule has 2 aromatic rings. The van der Waals surface area contributed by atoms with Crippen molar-refractivity contribution in [1.82, 2.24) is 5.32 Å². The Balaban J connectivity index is 1.69. The normalized spacial score (nSPS) is 19.2. The minimum absolute atomic E-state index is 0.0169. The predicted octanol–water partition coefficient (Wildman–Crippen LogP) is 3.21. The number of nitrogens with one attached hydrogen (secondary N) is 1. The molecule has 0 radical (unpaired) electrons. The van der Waals surface area contributed by atoms with Crippen molar-refractivity contribution in [2.45, 2.75) is 25.5 Å². The van der Waals surface area contributed by atoms with Crippen molar-refractivity contribution in [3.05, 3.63) is 71.3 Å². The molecule has 0 heterocycles. The highest BCUT2D eigenvalue weighted by Gasteiger charge is 2.32. The second kappa shape index (κ2) is 6.75. The maximum atomic E-state index is 12.2. The summed E-state index contributed by atoms with van der Waals surface area (Å²) in [6.07, 6.45) is 0.411. The van der Waals surface area contributed by atoms with Crippen LogP contribution < -0.4 is 5.32 Å². The van der Waals surface area contributed by atoms with Gasteiger partial charge in [0.1, 0.15) is 6.10 Å². The molecule has 0 aliphatic heterocycles. The second-order valence-electron chi connectivity index (χ2n) is 5.69. The minimum Gasteiger partial charge on any atom is -0.458 e. The number of ether oxygens (including phenoxy) is 1. The number of carbonyl (C=O) groups is 2. The zero-order chi connectivity index (χ0) is 16.2. The zero-order valence-electron chi connectivity index (χ0n) is 13.0. The average molecular weight is 309 g/mol. The van der Waals surface area contributed by atoms with E-state index in [9.17, 15) is 9.59 Å². The fourth-order valence-corrected chi connectivity index (χ4v) is 3.04. The summed E-state index contributed by atoms with van der Waals surface area (Å²) in [6.45, 7) is 1.68. The van der Waals surface area contributed by atoms with Gasteiger partial charge in [-0.2, -0.15) is 0 Å². The van der Waals surface area contributed by atoms with Gasteiger partial charge in [-0.3, -0.25) is 9.59 Å². The van der Waals surface area contributed by atoms with Crippen molar-refractivity contribution in [3.8, 4) is 0 Å². The third-order valence-electron chi connectivity index (χ3n) is 4.08. The molecule has 0 aromatic heterocycles. The van der Waals surface area contributed by atoms with Crippen LogP contribution in [0.15, 0.2) is 54.6 Å². The molecule has 118 valence electrons. The van der Waals surface area contributed by atoms with Crippen LogP contribution in [0.3, 0.4) is 0 Å². The highest BCUT2D eigenvalue weighted by molar-refractivity contribution is 5.97. The highest BCUT2D eigenvalue weighted by Crippen LogP contribution is 2.40. The summed E-state index contributed by atoms with van der Waals surface area (Å²) in [5, 5.41) is 3.30. The lowest BCUT2D eigenvalue weighted by Gasteiger charge is -2.14. The predicted molar refractivity (Wildman–Crippen MR) is 87.1 cm³/mol. The number of benzene rings is 2. The number of rotatable bonds is 5. The van der Waals surface area contributed by atoms with Crippen LogP contribution in [0.25, 0.3) is 0 Å². The monoisotopic (exact) mass is 309 g/mol. The topological polar surface area (TPSA) is 55.4 Å². The van der Waals surface area contributed by atoms with Crippen molar-refractivity contribution in [2.75, 3.05) is 6.54 Å². The van der Waals surface area contributed by atoms with Gasteiger partial charge in [0.05, 0.1) is 6.54 Å². The van der Waals surface area contributed by atoms with Crippen molar-refractivity contribution in [2.24, 2.45) is 0 Å². The quantitative estimate of drug-likeness (QED) is 0.680. The molecule has 2 aromatic carbocycles. The molecule has 1 aliphatic carbocycles. The van der Waals surface area contributed by atoms with Crippen LogP contribution in [0, 0.1) is 0 Å². The van der Waals surface area contributed by atoms with Crippen LogP contribution in [0.1, 0.15) is 47.0 Å². The molecule has 0 fully saturated rings. The van der Waals surface area contributed by atoms with Gasteiger partial charge in [0, 0.05) is 24.9 Å². The maximum absolute atomic E-state index is 12.2. The molecule has 1 N–H and O–H groups in total. The standard InChI is InChI=1S/C19H19NO3/c1-13(21)23-19-11-17(15-9-5-6-10-16(15)19)20-12-18(22)14-7-3-2-4-8-14/h2-10,17,19-20H,11-12H2,1H3/t17-,19-/m0/s1. The Hall–Kier alpha value is -2.46. The smallest absolute Gasteiger partial charge is 0.303 e. The van der Waals surface area contributed by atoms with Crippen LogP contribution in [0.2, 0.25) is 0 Å². The number of carbonyl (C=O) groups excluding carboxylic acids is 2. The number of hydrogen-bond acceptors (Lipinski definition) is 4. The molecule has 0 spiro atoms. The van der Waals surface area contributed by atoms with Gasteiger partial charge in [-0.05, 0) is 11.1 Å². The lowest BCUT2D eigenvalue weighted by Crippen LogP contribution is -2.26. The molecule has 0 bridgehead atoms. The Morgan fingerprint density at radius 3 is 2.39 bits per heavy atom. The van der Waals surface area contributed by atoms with Gasteiger partial charge in [0.2, 0.25) is 0 Å². The molecular weight excluding hydrogens is 290 g/mol. The van der Waals surface area contributed by atoms with Crippen LogP contribution in [0.5, 0.6) is 0 Å². The largest absolute Gasteiger partial charge is 0.458 e. The Labute approximate surface area is 135 Å². The number of ketones is 1. The molecule has 4 heteroatoms. The summed E-state index contributed by atoms with van der Waals surface area (Å²) in [5.74, 6) is -0.232. The van der Waals surface area contributed by atoms with Crippen LogP contribution >= 0.6 is 0 Å². The van der Waals surface area contributed by atoms with Crippen molar-refractivity contribution >= 4 is 11.8 Å². The minimum atomic E-state index is -0.286. The first-order valence-electron chi connectivity index (χ1n) is 7.73. The van der Waals surface area contributed by atoms with E-state index in [4.69, 9.17) is 4.74 Å². The molecule has 0 unspecified atom stereocenters. The van der Waals surface area contributed by atoms with E-state index < -0.39 is 0 Å². The average Bonchev–Trinajstić information content (AvgIpc) is 2.91. The van der Waals surface area contributed by atoms with E-state index >= 15 is 0 Å². The SMILES string of the molecule is CC(=O)O[C@H]1C[C@H](NCC(=O)c2ccccc2)c2ccccc21. The van der Waals surface area contributed by atoms with E-state index in [-0.39, 0.29) is 30.4 Å². The molecule has 0 saturated carbocycles. The third-order valence-corrected chi connectivity index (χ3v) is 4.08. The maximum Gasteiger partial charge on any atom is 0.303 e. The van der Waals surface area contributed by atoms with E-state index in [0.29, 0.717) is 12.0 Å². The molecule has 0 amide bonds. The van der Waals surface area contributed by atoms with Gasteiger partial charge < -0.3 is 10.1 Å². The van der Waals surface area contributed by atoms with Gasteiger partial charge in [-0.1, -0.05) is 54.6 Å². The highest BCUT2D eigenvalue weighted by atomic mass is 16.5. The second-order valence-corrected chi connectivity index (χ2v) is 5.69. The summed E-state index contributed by atoms with van der Waals surface area (Å²) in [6, 6.07) is 17.1. The van der Waals surface area contributed by atoms with Crippen LogP contribution in [-0.4, -0.2) is 18.3 Å². The van der Waals surface area contributed by atoms with E-state index in [1.165, 1.54) is 6.92 Å². The van der Waals surface area contributed by atoms with Crippen molar-refractivity contribution in [1.29, 1.82) is 0 Å². The first-order valence-corrected chi connectivity index (χ1v) is 7.73. The van der Waals surface area contributed by atoms with E-state index in [2.05, 4.69) is 5.32 Å². The summed E-state index contributed by atoms with van der Waals surface area (Å²) >= 11 is 0. The Morgan fingerprint density at radius 2 is 1.70 bits per heavy atom. The van der Waals surface area contributed by atoms with Gasteiger partial charge in [-0.15, -0.1) is 0 Å². The molecule has 2 atom stereocenters. The van der Waals surface area contributed by atoms with Gasteiger partial charge >= 0.3 is 5.97 Å². The summed E-state index contributed by atoms with van der Waals surface area (Å²) in [5.41, 5.74) is 2.81. The number of hydrogen-bond donors (Lipinski definition) is 1. The van der Waals surface area contributed by atoms with Gasteiger partial charge in [0.15, 0.2) is 5.78 Å². The first-order chi connectivity index (χ1) is 11.1. The number of Topliss-reactive ketones (excluding diaryl/α,β-unsaturated/α-hetero) is 1. The van der Waals surface area contributed by atoms with Crippen LogP contribution in [0.4, 0.5) is 0 Å². The number of fused-ring (bicyclic) bond motifs is 1. The lowest BCUT2D eigenvalue weighted by atomic mass is 10.1. The zero-order valence-corrected chi connectivity index (χ0v) is 13.0. The summed E-state index contributed by atoms with van der Waals surface area (Å²) < 4.78 is 5.40. The van der Waals surface area contributed by atoms with Gasteiger partial charge in [0.25, 0.3) is 0 Å². The van der Waals surface area contributed by atoms with E-state index in [1.54, 1.807) is 0 Å². The molecule has 1 aliphatic rings.